The number of nitrogens with zero attached hydrogens (tertiary/aromatic N) is 1. The molecule has 0 spiro atoms. The van der Waals surface area contributed by atoms with Crippen LogP contribution in [0.4, 0.5) is 0 Å². The molecule has 0 saturated heterocycles. The van der Waals surface area contributed by atoms with Crippen molar-refractivity contribution < 1.29 is 14.7 Å². The largest absolute Gasteiger partial charge is 0.484 e. The van der Waals surface area contributed by atoms with Gasteiger partial charge in [-0.1, -0.05) is 5.16 Å². The number of nitrogens with one attached hydrogen (secondary N) is 1. The number of amides is 1. The highest BCUT2D eigenvalue weighted by Crippen LogP contribution is 2.39. The van der Waals surface area contributed by atoms with Crippen molar-refractivity contribution in [1.29, 1.82) is 0 Å². The predicted molar refractivity (Wildman–Crippen MR) is 79.4 cm³/mol. The lowest BCUT2D eigenvalue weighted by Crippen LogP contribution is -2.47. The van der Waals surface area contributed by atoms with E-state index in [0.29, 0.717) is 17.2 Å². The number of benzene rings is 1. The first-order valence-corrected chi connectivity index (χ1v) is 6.94. The Balaban J connectivity index is 1.83. The summed E-state index contributed by atoms with van der Waals surface area (Å²) in [6.45, 7) is 4.04. The summed E-state index contributed by atoms with van der Waals surface area (Å²) >= 11 is 0. The average Bonchev–Trinajstić information content (AvgIpc) is 3.29. The highest BCUT2D eigenvalue weighted by atomic mass is 16.5. The Kier molecular flexibility index (Phi) is 4.35. The van der Waals surface area contributed by atoms with Crippen LogP contribution in [0.25, 0.3) is 0 Å². The number of carbonyl (C=O) groups excluding carboxylic acids is 1. The molecule has 0 heterocycles. The molecule has 21 heavy (non-hydrogen) atoms. The van der Waals surface area contributed by atoms with Crippen LogP contribution in [0.15, 0.2) is 29.4 Å². The van der Waals surface area contributed by atoms with Crippen LogP contribution in [-0.2, 0) is 4.79 Å². The number of nitrogens with two attached hydrogens (primary N) is 1. The van der Waals surface area contributed by atoms with Crippen LogP contribution in [0.5, 0.6) is 5.75 Å². The third kappa shape index (κ3) is 4.11. The Morgan fingerprint density at radius 2 is 2.05 bits per heavy atom. The molecule has 1 aliphatic rings. The van der Waals surface area contributed by atoms with Gasteiger partial charge in [-0.2, -0.15) is 0 Å². The molecule has 114 valence electrons. The molecule has 0 aromatic heterocycles. The quantitative estimate of drug-likeness (QED) is 0.320. The predicted octanol–water partition coefficient (Wildman–Crippen LogP) is 1.46. The molecular formula is C15H21N3O3. The zero-order valence-corrected chi connectivity index (χ0v) is 12.3. The molecule has 1 fully saturated rings. The first-order chi connectivity index (χ1) is 9.92. The SMILES string of the molecule is CC(C)(NC(=O)COc1ccc(/C(N)=N/O)cc1)C1CC1. The smallest absolute Gasteiger partial charge is 0.258 e. The lowest BCUT2D eigenvalue weighted by atomic mass is 9.99. The topological polar surface area (TPSA) is 96.9 Å². The monoisotopic (exact) mass is 291 g/mol. The molecule has 1 aromatic carbocycles. The summed E-state index contributed by atoms with van der Waals surface area (Å²) in [5.41, 5.74) is 5.88. The van der Waals surface area contributed by atoms with Crippen LogP contribution in [0.3, 0.4) is 0 Å². The minimum atomic E-state index is -0.170. The van der Waals surface area contributed by atoms with Crippen LogP contribution < -0.4 is 15.8 Å². The molecule has 0 bridgehead atoms. The van der Waals surface area contributed by atoms with Crippen molar-refractivity contribution in [2.75, 3.05) is 6.61 Å². The summed E-state index contributed by atoms with van der Waals surface area (Å²) in [6, 6.07) is 6.67. The Labute approximate surface area is 124 Å². The molecule has 1 aromatic rings. The summed E-state index contributed by atoms with van der Waals surface area (Å²) in [5, 5.41) is 14.5. The van der Waals surface area contributed by atoms with Gasteiger partial charge >= 0.3 is 0 Å². The van der Waals surface area contributed by atoms with E-state index in [9.17, 15) is 4.79 Å². The van der Waals surface area contributed by atoms with Gasteiger partial charge in [-0.05, 0) is 56.9 Å². The molecule has 1 saturated carbocycles. The van der Waals surface area contributed by atoms with E-state index >= 15 is 0 Å². The summed E-state index contributed by atoms with van der Waals surface area (Å²) in [7, 11) is 0. The van der Waals surface area contributed by atoms with Gasteiger partial charge in [0.15, 0.2) is 12.4 Å². The summed E-state index contributed by atoms with van der Waals surface area (Å²) in [4.78, 5) is 11.9. The first-order valence-electron chi connectivity index (χ1n) is 6.94. The second-order valence-corrected chi connectivity index (χ2v) is 5.84. The van der Waals surface area contributed by atoms with E-state index in [4.69, 9.17) is 15.7 Å². The molecular weight excluding hydrogens is 270 g/mol. The second kappa shape index (κ2) is 6.03. The zero-order valence-electron chi connectivity index (χ0n) is 12.3. The third-order valence-electron chi connectivity index (χ3n) is 3.69. The Hall–Kier alpha value is -2.24. The van der Waals surface area contributed by atoms with Gasteiger partial charge < -0.3 is 21.0 Å². The molecule has 6 heteroatoms. The normalized spacial score (nSPS) is 15.6. The van der Waals surface area contributed by atoms with E-state index < -0.39 is 0 Å². The van der Waals surface area contributed by atoms with Gasteiger partial charge in [0.2, 0.25) is 0 Å². The molecule has 0 aliphatic heterocycles. The van der Waals surface area contributed by atoms with E-state index in [-0.39, 0.29) is 23.9 Å². The third-order valence-corrected chi connectivity index (χ3v) is 3.69. The van der Waals surface area contributed by atoms with Gasteiger partial charge in [0.05, 0.1) is 0 Å². The molecule has 0 atom stereocenters. The molecule has 1 amide bonds. The fourth-order valence-corrected chi connectivity index (χ4v) is 2.23. The maximum atomic E-state index is 11.9. The van der Waals surface area contributed by atoms with Gasteiger partial charge in [-0.25, -0.2) is 0 Å². The van der Waals surface area contributed by atoms with Crippen molar-refractivity contribution >= 4 is 11.7 Å². The van der Waals surface area contributed by atoms with Crippen molar-refractivity contribution in [2.45, 2.75) is 32.2 Å². The Morgan fingerprint density at radius 1 is 1.43 bits per heavy atom. The highest BCUT2D eigenvalue weighted by molar-refractivity contribution is 5.97. The second-order valence-electron chi connectivity index (χ2n) is 5.84. The van der Waals surface area contributed by atoms with Crippen molar-refractivity contribution in [1.82, 2.24) is 5.32 Å². The molecule has 1 aliphatic carbocycles. The number of ether oxygens (including phenoxy) is 1. The average molecular weight is 291 g/mol. The van der Waals surface area contributed by atoms with Crippen LogP contribution in [0.2, 0.25) is 0 Å². The van der Waals surface area contributed by atoms with E-state index in [1.807, 2.05) is 13.8 Å². The fraction of sp³-hybridized carbons (Fsp3) is 0.467. The molecule has 4 N–H and O–H groups in total. The summed E-state index contributed by atoms with van der Waals surface area (Å²) in [5.74, 6) is 1.03. The number of carbonyl (C=O) groups is 1. The molecule has 0 unspecified atom stereocenters. The standard InChI is InChI=1S/C15H21N3O3/c1-15(2,11-5-6-11)17-13(19)9-21-12-7-3-10(4-8-12)14(16)18-20/h3-4,7-8,11,20H,5-6,9H2,1-2H3,(H2,16,18)(H,17,19). The molecule has 6 nitrogen and oxygen atoms in total. The van der Waals surface area contributed by atoms with E-state index in [0.717, 1.165) is 0 Å². The Bertz CT molecular complexity index is 534. The Morgan fingerprint density at radius 3 is 2.57 bits per heavy atom. The first kappa shape index (κ1) is 15.2. The lowest BCUT2D eigenvalue weighted by molar-refractivity contribution is -0.124. The van der Waals surface area contributed by atoms with Crippen molar-refractivity contribution in [3.8, 4) is 5.75 Å². The number of hydrogen-bond donors (Lipinski definition) is 3. The molecule has 0 radical (unpaired) electrons. The minimum Gasteiger partial charge on any atom is -0.484 e. The van der Waals surface area contributed by atoms with Crippen LogP contribution in [0.1, 0.15) is 32.3 Å². The van der Waals surface area contributed by atoms with E-state index in [1.54, 1.807) is 24.3 Å². The maximum Gasteiger partial charge on any atom is 0.258 e. The number of amidine groups is 1. The van der Waals surface area contributed by atoms with Gasteiger partial charge in [-0.15, -0.1) is 0 Å². The lowest BCUT2D eigenvalue weighted by Gasteiger charge is -2.26. The fourth-order valence-electron chi connectivity index (χ4n) is 2.23. The number of hydrogen-bond acceptors (Lipinski definition) is 4. The minimum absolute atomic E-state index is 0.0287. The van der Waals surface area contributed by atoms with Crippen LogP contribution in [-0.4, -0.2) is 29.1 Å². The zero-order chi connectivity index (χ0) is 15.5. The van der Waals surface area contributed by atoms with E-state index in [1.165, 1.54) is 12.8 Å². The highest BCUT2D eigenvalue weighted by Gasteiger charge is 2.38. The van der Waals surface area contributed by atoms with Gasteiger partial charge in [0, 0.05) is 11.1 Å². The van der Waals surface area contributed by atoms with Crippen molar-refractivity contribution in [3.05, 3.63) is 29.8 Å². The van der Waals surface area contributed by atoms with Crippen molar-refractivity contribution in [2.24, 2.45) is 16.8 Å². The number of rotatable bonds is 6. The van der Waals surface area contributed by atoms with E-state index in [2.05, 4.69) is 10.5 Å². The van der Waals surface area contributed by atoms with Crippen molar-refractivity contribution in [3.63, 3.8) is 0 Å². The maximum absolute atomic E-state index is 11.9. The van der Waals surface area contributed by atoms with Gasteiger partial charge in [-0.3, -0.25) is 4.79 Å². The summed E-state index contributed by atoms with van der Waals surface area (Å²) in [6.07, 6.45) is 2.34. The van der Waals surface area contributed by atoms with Gasteiger partial charge in [0.1, 0.15) is 5.75 Å². The van der Waals surface area contributed by atoms with Crippen LogP contribution in [0, 0.1) is 5.92 Å². The molecule has 2 rings (SSSR count). The van der Waals surface area contributed by atoms with Gasteiger partial charge in [0.25, 0.3) is 5.91 Å². The summed E-state index contributed by atoms with van der Waals surface area (Å²) < 4.78 is 5.43. The number of oxime groups is 1. The van der Waals surface area contributed by atoms with Crippen LogP contribution >= 0.6 is 0 Å².